The lowest BCUT2D eigenvalue weighted by Gasteiger charge is -2.22. The fourth-order valence-electron chi connectivity index (χ4n) is 2.65. The van der Waals surface area contributed by atoms with Crippen molar-refractivity contribution in [2.24, 2.45) is 0 Å². The Morgan fingerprint density at radius 1 is 1.32 bits per heavy atom. The van der Waals surface area contributed by atoms with Crippen molar-refractivity contribution < 1.29 is 9.53 Å². The maximum atomic E-state index is 11.7. The number of aromatic nitrogens is 2. The molecule has 3 rings (SSSR count). The van der Waals surface area contributed by atoms with Crippen LogP contribution in [0.25, 0.3) is 0 Å². The summed E-state index contributed by atoms with van der Waals surface area (Å²) in [6, 6.07) is 7.03. The van der Waals surface area contributed by atoms with Crippen molar-refractivity contribution in [2.45, 2.75) is 25.8 Å². The number of halogens is 1. The average molecular weight is 318 g/mol. The molecular formula is C16H16ClN3O2. The van der Waals surface area contributed by atoms with Crippen LogP contribution in [-0.2, 0) is 4.79 Å². The highest BCUT2D eigenvalue weighted by Gasteiger charge is 2.29. The van der Waals surface area contributed by atoms with Gasteiger partial charge >= 0.3 is 0 Å². The predicted molar refractivity (Wildman–Crippen MR) is 82.9 cm³/mol. The summed E-state index contributed by atoms with van der Waals surface area (Å²) >= 11 is 5.85. The van der Waals surface area contributed by atoms with Gasteiger partial charge in [0.25, 0.3) is 0 Å². The molecule has 1 amide bonds. The number of likely N-dealkylation sites (tertiary alicyclic amines) is 1. The van der Waals surface area contributed by atoms with E-state index in [0.29, 0.717) is 16.7 Å². The number of carbonyl (C=O) groups excluding carboxylic acids is 1. The molecule has 1 fully saturated rings. The Hall–Kier alpha value is -2.14. The van der Waals surface area contributed by atoms with Crippen LogP contribution in [0.3, 0.4) is 0 Å². The zero-order valence-corrected chi connectivity index (χ0v) is 13.0. The van der Waals surface area contributed by atoms with E-state index in [4.69, 9.17) is 16.3 Å². The fourth-order valence-corrected chi connectivity index (χ4v) is 2.77. The van der Waals surface area contributed by atoms with Crippen LogP contribution in [0, 0.1) is 0 Å². The molecule has 114 valence electrons. The molecule has 1 aromatic heterocycles. The topological polar surface area (TPSA) is 55.3 Å². The molecule has 6 heteroatoms. The molecule has 22 heavy (non-hydrogen) atoms. The van der Waals surface area contributed by atoms with Crippen LogP contribution < -0.4 is 4.74 Å². The van der Waals surface area contributed by atoms with Gasteiger partial charge in [-0.1, -0.05) is 11.6 Å². The highest BCUT2D eigenvalue weighted by atomic mass is 35.5. The van der Waals surface area contributed by atoms with Gasteiger partial charge in [-0.25, -0.2) is 4.98 Å². The second-order valence-corrected chi connectivity index (χ2v) is 5.65. The van der Waals surface area contributed by atoms with Gasteiger partial charge in [-0.15, -0.1) is 0 Å². The van der Waals surface area contributed by atoms with Crippen molar-refractivity contribution >= 4 is 17.5 Å². The summed E-state index contributed by atoms with van der Waals surface area (Å²) in [6.45, 7) is 2.35. The summed E-state index contributed by atoms with van der Waals surface area (Å²) < 4.78 is 5.69. The Balaban J connectivity index is 1.80. The van der Waals surface area contributed by atoms with Gasteiger partial charge in [-0.2, -0.15) is 0 Å². The maximum Gasteiger partial charge on any atom is 0.238 e. The summed E-state index contributed by atoms with van der Waals surface area (Å²) in [5, 5.41) is 0.648. The fraction of sp³-hybridized carbons (Fsp3) is 0.312. The predicted octanol–water partition coefficient (Wildman–Crippen LogP) is 3.61. The van der Waals surface area contributed by atoms with Gasteiger partial charge in [0.1, 0.15) is 5.75 Å². The van der Waals surface area contributed by atoms with E-state index < -0.39 is 0 Å². The molecule has 0 spiro atoms. The van der Waals surface area contributed by atoms with Gasteiger partial charge in [-0.3, -0.25) is 9.78 Å². The molecule has 1 unspecified atom stereocenters. The van der Waals surface area contributed by atoms with Gasteiger partial charge in [-0.05, 0) is 37.1 Å². The zero-order valence-electron chi connectivity index (χ0n) is 12.2. The Morgan fingerprint density at radius 3 is 2.82 bits per heavy atom. The first-order chi connectivity index (χ1) is 10.6. The van der Waals surface area contributed by atoms with Crippen LogP contribution >= 0.6 is 11.6 Å². The molecule has 0 N–H and O–H groups in total. The minimum Gasteiger partial charge on any atom is -0.437 e. The number of amides is 1. The van der Waals surface area contributed by atoms with E-state index in [2.05, 4.69) is 9.97 Å². The Kier molecular flexibility index (Phi) is 4.24. The molecular weight excluding hydrogens is 302 g/mol. The number of hydrogen-bond acceptors (Lipinski definition) is 4. The summed E-state index contributed by atoms with van der Waals surface area (Å²) in [5.74, 6) is 1.12. The number of nitrogens with zero attached hydrogens (tertiary/aromatic N) is 3. The third-order valence-corrected chi connectivity index (χ3v) is 3.92. The molecule has 0 bridgehead atoms. The molecule has 0 saturated carbocycles. The van der Waals surface area contributed by atoms with Crippen LogP contribution in [-0.4, -0.2) is 27.3 Å². The molecule has 1 aliphatic rings. The lowest BCUT2D eigenvalue weighted by Crippen LogP contribution is -2.28. The van der Waals surface area contributed by atoms with Crippen molar-refractivity contribution in [2.75, 3.05) is 6.54 Å². The second kappa shape index (κ2) is 6.32. The first-order valence-electron chi connectivity index (χ1n) is 7.16. The third-order valence-electron chi connectivity index (χ3n) is 3.67. The number of ether oxygens (including phenoxy) is 1. The minimum atomic E-state index is -0.0150. The average Bonchev–Trinajstić information content (AvgIpc) is 3.00. The zero-order chi connectivity index (χ0) is 15.5. The van der Waals surface area contributed by atoms with Gasteiger partial charge < -0.3 is 9.64 Å². The Morgan fingerprint density at radius 2 is 2.09 bits per heavy atom. The number of benzene rings is 1. The van der Waals surface area contributed by atoms with E-state index in [1.54, 1.807) is 43.6 Å². The molecule has 2 heterocycles. The highest BCUT2D eigenvalue weighted by molar-refractivity contribution is 6.30. The lowest BCUT2D eigenvalue weighted by molar-refractivity contribution is -0.129. The van der Waals surface area contributed by atoms with Gasteiger partial charge in [0.2, 0.25) is 11.8 Å². The Bertz CT molecular complexity index is 675. The number of carbonyl (C=O) groups is 1. The van der Waals surface area contributed by atoms with Crippen molar-refractivity contribution in [1.29, 1.82) is 0 Å². The van der Waals surface area contributed by atoms with E-state index in [1.807, 2.05) is 4.90 Å². The summed E-state index contributed by atoms with van der Waals surface area (Å²) in [7, 11) is 0. The molecule has 1 aliphatic heterocycles. The normalized spacial score (nSPS) is 17.5. The molecule has 1 atom stereocenters. The second-order valence-electron chi connectivity index (χ2n) is 5.21. The molecule has 1 saturated heterocycles. The van der Waals surface area contributed by atoms with Crippen molar-refractivity contribution in [1.82, 2.24) is 14.9 Å². The standard InChI is InChI=1S/C16H16ClN3O2/c1-11(21)20-8-2-3-15(20)14-9-18-10-16(19-14)22-13-6-4-12(17)5-7-13/h4-7,9-10,15H,2-3,8H2,1H3. The van der Waals surface area contributed by atoms with Crippen molar-refractivity contribution in [3.8, 4) is 11.6 Å². The van der Waals surface area contributed by atoms with E-state index >= 15 is 0 Å². The molecule has 0 aliphatic carbocycles. The van der Waals surface area contributed by atoms with E-state index in [1.165, 1.54) is 0 Å². The van der Waals surface area contributed by atoms with E-state index in [0.717, 1.165) is 25.1 Å². The van der Waals surface area contributed by atoms with Crippen LogP contribution in [0.4, 0.5) is 0 Å². The summed E-state index contributed by atoms with van der Waals surface area (Å²) in [5.41, 5.74) is 0.763. The van der Waals surface area contributed by atoms with Gasteiger partial charge in [0.05, 0.1) is 24.1 Å². The SMILES string of the molecule is CC(=O)N1CCCC1c1cncc(Oc2ccc(Cl)cc2)n1. The van der Waals surface area contributed by atoms with Gasteiger partial charge in [0, 0.05) is 18.5 Å². The molecule has 2 aromatic rings. The third kappa shape index (κ3) is 3.20. The van der Waals surface area contributed by atoms with Crippen LogP contribution in [0.5, 0.6) is 11.6 Å². The van der Waals surface area contributed by atoms with Crippen molar-refractivity contribution in [3.05, 3.63) is 47.4 Å². The number of hydrogen-bond donors (Lipinski definition) is 0. The molecule has 1 aromatic carbocycles. The quantitative estimate of drug-likeness (QED) is 0.868. The first kappa shape index (κ1) is 14.8. The smallest absolute Gasteiger partial charge is 0.238 e. The largest absolute Gasteiger partial charge is 0.437 e. The number of rotatable bonds is 3. The summed E-state index contributed by atoms with van der Waals surface area (Å²) in [4.78, 5) is 22.2. The van der Waals surface area contributed by atoms with Crippen LogP contribution in [0.15, 0.2) is 36.7 Å². The van der Waals surface area contributed by atoms with E-state index in [9.17, 15) is 4.79 Å². The van der Waals surface area contributed by atoms with Crippen molar-refractivity contribution in [3.63, 3.8) is 0 Å². The Labute approximate surface area is 133 Å². The summed E-state index contributed by atoms with van der Waals surface area (Å²) in [6.07, 6.45) is 5.14. The molecule has 5 nitrogen and oxygen atoms in total. The van der Waals surface area contributed by atoms with Crippen LogP contribution in [0.1, 0.15) is 31.5 Å². The maximum absolute atomic E-state index is 11.7. The van der Waals surface area contributed by atoms with Gasteiger partial charge in [0.15, 0.2) is 0 Å². The first-order valence-corrected chi connectivity index (χ1v) is 7.54. The van der Waals surface area contributed by atoms with E-state index in [-0.39, 0.29) is 11.9 Å². The highest BCUT2D eigenvalue weighted by Crippen LogP contribution is 2.31. The lowest BCUT2D eigenvalue weighted by atomic mass is 10.1. The van der Waals surface area contributed by atoms with Crippen LogP contribution in [0.2, 0.25) is 5.02 Å². The molecule has 0 radical (unpaired) electrons. The monoisotopic (exact) mass is 317 g/mol. The minimum absolute atomic E-state index is 0.0150.